The van der Waals surface area contributed by atoms with E-state index in [0.29, 0.717) is 30.2 Å². The molecule has 0 heterocycles. The molecule has 118 valence electrons. The third-order valence-corrected chi connectivity index (χ3v) is 4.72. The van der Waals surface area contributed by atoms with Crippen LogP contribution in [-0.4, -0.2) is 13.2 Å². The standard InChI is InChI=1S/C18H29NO2/c1-12(2)15-7-5-13(3)9-18(15)21-11-14-6-8-17(20-4)16(19)10-14/h6,8,10,12-13,15,18H,5,7,9,11,19H2,1-4H3. The van der Waals surface area contributed by atoms with Crippen molar-refractivity contribution in [3.05, 3.63) is 23.8 Å². The van der Waals surface area contributed by atoms with Gasteiger partial charge in [0, 0.05) is 0 Å². The third-order valence-electron chi connectivity index (χ3n) is 4.72. The number of nitrogen functional groups attached to an aromatic ring is 1. The molecular weight excluding hydrogens is 262 g/mol. The minimum Gasteiger partial charge on any atom is -0.495 e. The minimum absolute atomic E-state index is 0.372. The summed E-state index contributed by atoms with van der Waals surface area (Å²) >= 11 is 0. The number of hydrogen-bond donors (Lipinski definition) is 1. The Hall–Kier alpha value is -1.22. The Balaban J connectivity index is 1.98. The number of benzene rings is 1. The first-order chi connectivity index (χ1) is 10.0. The van der Waals surface area contributed by atoms with E-state index in [1.165, 1.54) is 19.3 Å². The lowest BCUT2D eigenvalue weighted by atomic mass is 9.75. The predicted octanol–water partition coefficient (Wildman–Crippen LogP) is 4.25. The fraction of sp³-hybridized carbons (Fsp3) is 0.667. The molecule has 2 rings (SSSR count). The van der Waals surface area contributed by atoms with Crippen molar-refractivity contribution in [3.63, 3.8) is 0 Å². The molecule has 1 saturated carbocycles. The number of ether oxygens (including phenoxy) is 2. The molecule has 1 fully saturated rings. The monoisotopic (exact) mass is 291 g/mol. The van der Waals surface area contributed by atoms with Crippen LogP contribution in [0.2, 0.25) is 0 Å². The van der Waals surface area contributed by atoms with E-state index in [2.05, 4.69) is 20.8 Å². The second-order valence-electron chi connectivity index (χ2n) is 6.75. The highest BCUT2D eigenvalue weighted by Gasteiger charge is 2.31. The Morgan fingerprint density at radius 1 is 1.29 bits per heavy atom. The van der Waals surface area contributed by atoms with Crippen molar-refractivity contribution in [1.29, 1.82) is 0 Å². The fourth-order valence-electron chi connectivity index (χ4n) is 3.38. The van der Waals surface area contributed by atoms with Crippen LogP contribution in [0.5, 0.6) is 5.75 Å². The second kappa shape index (κ2) is 7.17. The molecule has 0 aromatic heterocycles. The number of hydrogen-bond acceptors (Lipinski definition) is 3. The average molecular weight is 291 g/mol. The smallest absolute Gasteiger partial charge is 0.141 e. The molecule has 1 aliphatic carbocycles. The Kier molecular flexibility index (Phi) is 5.51. The average Bonchev–Trinajstić information content (AvgIpc) is 2.45. The first kappa shape index (κ1) is 16.2. The zero-order chi connectivity index (χ0) is 15.4. The second-order valence-corrected chi connectivity index (χ2v) is 6.75. The first-order valence-electron chi connectivity index (χ1n) is 8.05. The van der Waals surface area contributed by atoms with Crippen molar-refractivity contribution in [2.45, 2.75) is 52.7 Å². The SMILES string of the molecule is COc1ccc(COC2CC(C)CCC2C(C)C)cc1N. The van der Waals surface area contributed by atoms with Gasteiger partial charge < -0.3 is 15.2 Å². The topological polar surface area (TPSA) is 44.5 Å². The summed E-state index contributed by atoms with van der Waals surface area (Å²) in [7, 11) is 1.64. The normalized spacial score (nSPS) is 26.0. The van der Waals surface area contributed by atoms with E-state index in [-0.39, 0.29) is 0 Å². The van der Waals surface area contributed by atoms with Crippen molar-refractivity contribution in [2.75, 3.05) is 12.8 Å². The molecule has 2 N–H and O–H groups in total. The molecule has 21 heavy (non-hydrogen) atoms. The van der Waals surface area contributed by atoms with Crippen LogP contribution in [0.4, 0.5) is 5.69 Å². The van der Waals surface area contributed by atoms with Crippen molar-refractivity contribution in [2.24, 2.45) is 17.8 Å². The quantitative estimate of drug-likeness (QED) is 0.825. The van der Waals surface area contributed by atoms with E-state index in [9.17, 15) is 0 Å². The highest BCUT2D eigenvalue weighted by molar-refractivity contribution is 5.54. The van der Waals surface area contributed by atoms with Gasteiger partial charge in [0.2, 0.25) is 0 Å². The van der Waals surface area contributed by atoms with Crippen LogP contribution in [0, 0.1) is 17.8 Å². The van der Waals surface area contributed by atoms with E-state index < -0.39 is 0 Å². The molecule has 1 aromatic rings. The molecular formula is C18H29NO2. The van der Waals surface area contributed by atoms with E-state index in [1.54, 1.807) is 7.11 Å². The number of nitrogens with two attached hydrogens (primary N) is 1. The van der Waals surface area contributed by atoms with Gasteiger partial charge in [-0.1, -0.05) is 33.3 Å². The predicted molar refractivity (Wildman–Crippen MR) is 87.3 cm³/mol. The Bertz CT molecular complexity index is 459. The summed E-state index contributed by atoms with van der Waals surface area (Å²) < 4.78 is 11.4. The maximum absolute atomic E-state index is 6.25. The summed E-state index contributed by atoms with van der Waals surface area (Å²) in [6.07, 6.45) is 4.16. The molecule has 3 nitrogen and oxygen atoms in total. The highest BCUT2D eigenvalue weighted by atomic mass is 16.5. The van der Waals surface area contributed by atoms with E-state index in [1.807, 2.05) is 18.2 Å². The summed E-state index contributed by atoms with van der Waals surface area (Å²) in [4.78, 5) is 0. The molecule has 0 spiro atoms. The lowest BCUT2D eigenvalue weighted by Gasteiger charge is -2.37. The third kappa shape index (κ3) is 4.13. The maximum Gasteiger partial charge on any atom is 0.141 e. The van der Waals surface area contributed by atoms with Gasteiger partial charge in [-0.3, -0.25) is 0 Å². The van der Waals surface area contributed by atoms with Gasteiger partial charge in [0.25, 0.3) is 0 Å². The molecule has 3 heteroatoms. The van der Waals surface area contributed by atoms with Crippen molar-refractivity contribution in [1.82, 2.24) is 0 Å². The molecule has 0 bridgehead atoms. The van der Waals surface area contributed by atoms with Gasteiger partial charge in [-0.05, 0) is 48.3 Å². The lowest BCUT2D eigenvalue weighted by Crippen LogP contribution is -2.34. The van der Waals surface area contributed by atoms with Gasteiger partial charge in [-0.2, -0.15) is 0 Å². The Labute approximate surface area is 128 Å². The fourth-order valence-corrected chi connectivity index (χ4v) is 3.38. The van der Waals surface area contributed by atoms with Crippen molar-refractivity contribution < 1.29 is 9.47 Å². The van der Waals surface area contributed by atoms with Crippen molar-refractivity contribution >= 4 is 5.69 Å². The molecule has 0 amide bonds. The van der Waals surface area contributed by atoms with Gasteiger partial charge in [0.05, 0.1) is 25.5 Å². The number of methoxy groups -OCH3 is 1. The summed E-state index contributed by atoms with van der Waals surface area (Å²) in [6, 6.07) is 5.90. The summed E-state index contributed by atoms with van der Waals surface area (Å²) in [5.41, 5.74) is 7.75. The summed E-state index contributed by atoms with van der Waals surface area (Å²) in [6.45, 7) is 7.58. The van der Waals surface area contributed by atoms with E-state index in [4.69, 9.17) is 15.2 Å². The molecule has 0 aliphatic heterocycles. The van der Waals surface area contributed by atoms with Crippen LogP contribution >= 0.6 is 0 Å². The van der Waals surface area contributed by atoms with Crippen LogP contribution in [0.15, 0.2) is 18.2 Å². The van der Waals surface area contributed by atoms with Gasteiger partial charge in [0.15, 0.2) is 0 Å². The van der Waals surface area contributed by atoms with Gasteiger partial charge in [-0.15, -0.1) is 0 Å². The zero-order valence-electron chi connectivity index (χ0n) is 13.8. The number of rotatable bonds is 5. The maximum atomic E-state index is 6.25. The van der Waals surface area contributed by atoms with Crippen LogP contribution < -0.4 is 10.5 Å². The largest absolute Gasteiger partial charge is 0.495 e. The minimum atomic E-state index is 0.372. The van der Waals surface area contributed by atoms with Crippen LogP contribution in [-0.2, 0) is 11.3 Å². The van der Waals surface area contributed by atoms with Crippen LogP contribution in [0.25, 0.3) is 0 Å². The number of anilines is 1. The molecule has 3 unspecified atom stereocenters. The van der Waals surface area contributed by atoms with Gasteiger partial charge >= 0.3 is 0 Å². The summed E-state index contributed by atoms with van der Waals surface area (Å²) in [5, 5.41) is 0. The molecule has 0 radical (unpaired) electrons. The molecule has 3 atom stereocenters. The highest BCUT2D eigenvalue weighted by Crippen LogP contribution is 2.36. The first-order valence-corrected chi connectivity index (χ1v) is 8.05. The Morgan fingerprint density at radius 3 is 2.67 bits per heavy atom. The lowest BCUT2D eigenvalue weighted by molar-refractivity contribution is -0.0472. The van der Waals surface area contributed by atoms with E-state index >= 15 is 0 Å². The molecule has 1 aliphatic rings. The van der Waals surface area contributed by atoms with Gasteiger partial charge in [-0.25, -0.2) is 0 Å². The summed E-state index contributed by atoms with van der Waals surface area (Å²) in [5.74, 6) is 2.86. The van der Waals surface area contributed by atoms with Crippen LogP contribution in [0.1, 0.15) is 45.6 Å². The Morgan fingerprint density at radius 2 is 2.05 bits per heavy atom. The van der Waals surface area contributed by atoms with E-state index in [0.717, 1.165) is 17.2 Å². The molecule has 1 aromatic carbocycles. The zero-order valence-corrected chi connectivity index (χ0v) is 13.8. The van der Waals surface area contributed by atoms with Crippen LogP contribution in [0.3, 0.4) is 0 Å². The molecule has 0 saturated heterocycles. The van der Waals surface area contributed by atoms with Gasteiger partial charge in [0.1, 0.15) is 5.75 Å². The van der Waals surface area contributed by atoms with Crippen molar-refractivity contribution in [3.8, 4) is 5.75 Å².